The number of carbonyl (C=O) groups is 1. The summed E-state index contributed by atoms with van der Waals surface area (Å²) in [5.74, 6) is -0.0477. The fourth-order valence-electron chi connectivity index (χ4n) is 1.71. The summed E-state index contributed by atoms with van der Waals surface area (Å²) in [6, 6.07) is 9.57. The first-order valence-corrected chi connectivity index (χ1v) is 6.46. The molecule has 0 aliphatic carbocycles. The smallest absolute Gasteiger partial charge is 0.253 e. The Labute approximate surface area is 115 Å². The highest BCUT2D eigenvalue weighted by atomic mass is 16.2. The van der Waals surface area contributed by atoms with Gasteiger partial charge in [0, 0.05) is 37.9 Å². The molecule has 1 amide bonds. The van der Waals surface area contributed by atoms with Gasteiger partial charge < -0.3 is 9.80 Å². The first-order valence-electron chi connectivity index (χ1n) is 6.46. The summed E-state index contributed by atoms with van der Waals surface area (Å²) in [5, 5.41) is 8.67. The molecule has 0 saturated carbocycles. The molecule has 1 rings (SSSR count). The number of nitriles is 1. The third-order valence-corrected chi connectivity index (χ3v) is 3.40. The summed E-state index contributed by atoms with van der Waals surface area (Å²) in [4.78, 5) is 15.9. The standard InChI is InChI=1S/C15H21N3O/c1-5-17(3)14-8-6-13(7-9-14)15(19)18(4)12(2)10-11-16/h6-9,12H,5,10H2,1-4H3. The van der Waals surface area contributed by atoms with E-state index in [1.54, 1.807) is 11.9 Å². The molecule has 0 bridgehead atoms. The number of rotatable bonds is 5. The molecule has 1 aromatic carbocycles. The summed E-state index contributed by atoms with van der Waals surface area (Å²) >= 11 is 0. The molecule has 0 heterocycles. The fraction of sp³-hybridized carbons (Fsp3) is 0.467. The minimum Gasteiger partial charge on any atom is -0.375 e. The number of hydrogen-bond donors (Lipinski definition) is 0. The van der Waals surface area contributed by atoms with Gasteiger partial charge in [-0.25, -0.2) is 0 Å². The van der Waals surface area contributed by atoms with Gasteiger partial charge in [0.05, 0.1) is 12.5 Å². The van der Waals surface area contributed by atoms with E-state index in [-0.39, 0.29) is 11.9 Å². The monoisotopic (exact) mass is 259 g/mol. The van der Waals surface area contributed by atoms with E-state index in [9.17, 15) is 4.79 Å². The van der Waals surface area contributed by atoms with E-state index in [2.05, 4.69) is 17.9 Å². The van der Waals surface area contributed by atoms with Gasteiger partial charge in [-0.05, 0) is 38.1 Å². The van der Waals surface area contributed by atoms with Crippen molar-refractivity contribution >= 4 is 11.6 Å². The zero-order chi connectivity index (χ0) is 14.4. The molecule has 4 nitrogen and oxygen atoms in total. The molecule has 0 spiro atoms. The van der Waals surface area contributed by atoms with E-state index in [4.69, 9.17) is 5.26 Å². The van der Waals surface area contributed by atoms with Crippen molar-refractivity contribution in [1.29, 1.82) is 5.26 Å². The van der Waals surface area contributed by atoms with Gasteiger partial charge in [0.1, 0.15) is 0 Å². The highest BCUT2D eigenvalue weighted by Crippen LogP contribution is 2.15. The van der Waals surface area contributed by atoms with Crippen LogP contribution in [-0.4, -0.2) is 37.5 Å². The largest absolute Gasteiger partial charge is 0.375 e. The highest BCUT2D eigenvalue weighted by molar-refractivity contribution is 5.94. The molecule has 0 saturated heterocycles. The van der Waals surface area contributed by atoms with Gasteiger partial charge in [0.15, 0.2) is 0 Å². The van der Waals surface area contributed by atoms with Gasteiger partial charge in [-0.2, -0.15) is 5.26 Å². The van der Waals surface area contributed by atoms with Crippen LogP contribution in [0.15, 0.2) is 24.3 Å². The van der Waals surface area contributed by atoms with Crippen LogP contribution in [0.1, 0.15) is 30.6 Å². The van der Waals surface area contributed by atoms with Crippen LogP contribution in [0.5, 0.6) is 0 Å². The van der Waals surface area contributed by atoms with Gasteiger partial charge in [0.2, 0.25) is 0 Å². The predicted molar refractivity (Wildman–Crippen MR) is 77.2 cm³/mol. The average molecular weight is 259 g/mol. The SMILES string of the molecule is CCN(C)c1ccc(C(=O)N(C)C(C)CC#N)cc1. The zero-order valence-corrected chi connectivity index (χ0v) is 12.1. The summed E-state index contributed by atoms with van der Waals surface area (Å²) in [7, 11) is 3.74. The summed E-state index contributed by atoms with van der Waals surface area (Å²) in [5.41, 5.74) is 1.74. The van der Waals surface area contributed by atoms with Crippen molar-refractivity contribution in [2.45, 2.75) is 26.3 Å². The fourth-order valence-corrected chi connectivity index (χ4v) is 1.71. The quantitative estimate of drug-likeness (QED) is 0.816. The van der Waals surface area contributed by atoms with Crippen LogP contribution in [0.4, 0.5) is 5.69 Å². The molecular weight excluding hydrogens is 238 g/mol. The number of benzene rings is 1. The number of amides is 1. The Bertz CT molecular complexity index is 461. The zero-order valence-electron chi connectivity index (χ0n) is 12.1. The number of hydrogen-bond acceptors (Lipinski definition) is 3. The summed E-state index contributed by atoms with van der Waals surface area (Å²) < 4.78 is 0. The second kappa shape index (κ2) is 6.79. The second-order valence-electron chi connectivity index (χ2n) is 4.69. The second-order valence-corrected chi connectivity index (χ2v) is 4.69. The van der Waals surface area contributed by atoms with Crippen LogP contribution in [0.3, 0.4) is 0 Å². The van der Waals surface area contributed by atoms with Crippen molar-refractivity contribution in [2.75, 3.05) is 25.5 Å². The van der Waals surface area contributed by atoms with Crippen LogP contribution >= 0.6 is 0 Å². The van der Waals surface area contributed by atoms with Gasteiger partial charge in [-0.15, -0.1) is 0 Å². The Morgan fingerprint density at radius 1 is 1.32 bits per heavy atom. The first kappa shape index (κ1) is 15.0. The van der Waals surface area contributed by atoms with E-state index in [1.165, 1.54) is 0 Å². The molecule has 0 fully saturated rings. The third-order valence-electron chi connectivity index (χ3n) is 3.40. The molecule has 0 aliphatic rings. The minimum absolute atomic E-state index is 0.0477. The maximum Gasteiger partial charge on any atom is 0.253 e. The van der Waals surface area contributed by atoms with Crippen molar-refractivity contribution in [1.82, 2.24) is 4.90 Å². The van der Waals surface area contributed by atoms with Gasteiger partial charge in [0.25, 0.3) is 5.91 Å². The van der Waals surface area contributed by atoms with E-state index < -0.39 is 0 Å². The van der Waals surface area contributed by atoms with Gasteiger partial charge >= 0.3 is 0 Å². The van der Waals surface area contributed by atoms with Crippen molar-refractivity contribution in [3.8, 4) is 6.07 Å². The highest BCUT2D eigenvalue weighted by Gasteiger charge is 2.17. The van der Waals surface area contributed by atoms with Crippen molar-refractivity contribution in [3.63, 3.8) is 0 Å². The molecule has 4 heteroatoms. The normalized spacial score (nSPS) is 11.5. The first-order chi connectivity index (χ1) is 9.01. The lowest BCUT2D eigenvalue weighted by atomic mass is 10.1. The summed E-state index contributed by atoms with van der Waals surface area (Å²) in [6.07, 6.45) is 0.346. The molecular formula is C15H21N3O. The Kier molecular flexibility index (Phi) is 5.37. The van der Waals surface area contributed by atoms with E-state index in [1.807, 2.05) is 38.2 Å². The lowest BCUT2D eigenvalue weighted by molar-refractivity contribution is 0.0746. The minimum atomic E-state index is -0.0736. The van der Waals surface area contributed by atoms with E-state index in [0.717, 1.165) is 12.2 Å². The number of anilines is 1. The molecule has 19 heavy (non-hydrogen) atoms. The average Bonchev–Trinajstić information content (AvgIpc) is 2.45. The van der Waals surface area contributed by atoms with Crippen molar-refractivity contribution < 1.29 is 4.79 Å². The maximum atomic E-state index is 12.2. The Balaban J connectivity index is 2.81. The molecule has 0 radical (unpaired) electrons. The lowest BCUT2D eigenvalue weighted by Gasteiger charge is -2.23. The predicted octanol–water partition coefficient (Wildman–Crippen LogP) is 2.52. The maximum absolute atomic E-state index is 12.2. The number of carbonyl (C=O) groups excluding carboxylic acids is 1. The molecule has 1 atom stereocenters. The van der Waals surface area contributed by atoms with Crippen molar-refractivity contribution in [2.24, 2.45) is 0 Å². The van der Waals surface area contributed by atoms with Gasteiger partial charge in [-0.1, -0.05) is 0 Å². The Morgan fingerprint density at radius 3 is 2.37 bits per heavy atom. The lowest BCUT2D eigenvalue weighted by Crippen LogP contribution is -2.34. The van der Waals surface area contributed by atoms with Crippen molar-refractivity contribution in [3.05, 3.63) is 29.8 Å². The molecule has 0 aromatic heterocycles. The van der Waals surface area contributed by atoms with Crippen LogP contribution in [0.25, 0.3) is 0 Å². The van der Waals surface area contributed by atoms with E-state index in [0.29, 0.717) is 12.0 Å². The van der Waals surface area contributed by atoms with Crippen LogP contribution in [0, 0.1) is 11.3 Å². The summed E-state index contributed by atoms with van der Waals surface area (Å²) in [6.45, 7) is 4.88. The molecule has 0 aliphatic heterocycles. The van der Waals surface area contributed by atoms with Crippen LogP contribution < -0.4 is 4.90 Å². The van der Waals surface area contributed by atoms with Crippen LogP contribution in [0.2, 0.25) is 0 Å². The topological polar surface area (TPSA) is 47.3 Å². The van der Waals surface area contributed by atoms with Crippen LogP contribution in [-0.2, 0) is 0 Å². The molecule has 102 valence electrons. The Hall–Kier alpha value is -2.02. The number of nitrogens with zero attached hydrogens (tertiary/aromatic N) is 3. The Morgan fingerprint density at radius 2 is 1.89 bits per heavy atom. The van der Waals surface area contributed by atoms with E-state index >= 15 is 0 Å². The molecule has 1 unspecified atom stereocenters. The molecule has 1 aromatic rings. The van der Waals surface area contributed by atoms with Gasteiger partial charge in [-0.3, -0.25) is 4.79 Å². The molecule has 0 N–H and O–H groups in total. The third kappa shape index (κ3) is 3.72.